The van der Waals surface area contributed by atoms with Gasteiger partial charge in [0.1, 0.15) is 0 Å². The number of aliphatic hydroxyl groups is 1. The van der Waals surface area contributed by atoms with Crippen LogP contribution in [0, 0.1) is 0 Å². The van der Waals surface area contributed by atoms with E-state index in [-0.39, 0.29) is 6.10 Å². The van der Waals surface area contributed by atoms with Gasteiger partial charge in [-0.15, -0.1) is 11.6 Å². The number of halogens is 1. The first kappa shape index (κ1) is 18.5. The largest absolute Gasteiger partial charge is 0.390 e. The van der Waals surface area contributed by atoms with Gasteiger partial charge in [-0.1, -0.05) is 0 Å². The molecule has 1 N–H and O–H groups in total. The third kappa shape index (κ3) is 9.40. The maximum atomic E-state index is 9.80. The molecular weight excluding hydrogens is 224 g/mol. The van der Waals surface area contributed by atoms with Crippen molar-refractivity contribution in [1.29, 1.82) is 0 Å². The summed E-state index contributed by atoms with van der Waals surface area (Å²) in [5.74, 6) is 0. The number of hydrogen-bond acceptors (Lipinski definition) is 3. The molecule has 0 fully saturated rings. The smallest absolute Gasteiger partial charge is 0.0793 e. The minimum atomic E-state index is -0.255. The fraction of sp³-hybridized carbons (Fsp3) is 1.00. The summed E-state index contributed by atoms with van der Waals surface area (Å²) in [4.78, 5) is 4.33. The summed E-state index contributed by atoms with van der Waals surface area (Å²) in [6, 6.07) is 0.985. The lowest BCUT2D eigenvalue weighted by atomic mass is 10.2. The molecule has 0 saturated heterocycles. The molecule has 0 saturated carbocycles. The van der Waals surface area contributed by atoms with Crippen LogP contribution in [0.4, 0.5) is 0 Å². The lowest BCUT2D eigenvalue weighted by molar-refractivity contribution is 0.0596. The van der Waals surface area contributed by atoms with Gasteiger partial charge in [0.05, 0.1) is 6.10 Å². The number of hydrogen-bond donors (Lipinski definition) is 1. The molecule has 0 rings (SSSR count). The standard InChI is InChI=1S/C11H26N2O.CH3Cl/c1-9(2)13(10(3)4)8-11(14)7-12(5)6;1-2/h9-11,14H,7-8H2,1-6H3;1H3. The summed E-state index contributed by atoms with van der Waals surface area (Å²) in [6.45, 7) is 10.2. The Morgan fingerprint density at radius 3 is 1.56 bits per heavy atom. The van der Waals surface area contributed by atoms with Crippen molar-refractivity contribution in [2.24, 2.45) is 0 Å². The van der Waals surface area contributed by atoms with Crippen LogP contribution in [0.3, 0.4) is 0 Å². The minimum absolute atomic E-state index is 0.255. The Kier molecular flexibility index (Phi) is 12.0. The molecule has 0 aliphatic heterocycles. The Hall–Kier alpha value is 0.170. The summed E-state index contributed by atoms with van der Waals surface area (Å²) in [7, 11) is 3.97. The Bertz CT molecular complexity index is 144. The number of rotatable bonds is 6. The Balaban J connectivity index is 0. The predicted molar refractivity (Wildman–Crippen MR) is 73.3 cm³/mol. The fourth-order valence-electron chi connectivity index (χ4n) is 1.74. The van der Waals surface area contributed by atoms with E-state index in [0.717, 1.165) is 13.1 Å². The van der Waals surface area contributed by atoms with Gasteiger partial charge in [-0.05, 0) is 41.8 Å². The molecule has 4 heteroatoms. The van der Waals surface area contributed by atoms with Gasteiger partial charge in [-0.3, -0.25) is 4.90 Å². The van der Waals surface area contributed by atoms with E-state index in [1.54, 1.807) is 0 Å². The van der Waals surface area contributed by atoms with Crippen LogP contribution in [0.1, 0.15) is 27.7 Å². The van der Waals surface area contributed by atoms with Gasteiger partial charge in [0.25, 0.3) is 0 Å². The van der Waals surface area contributed by atoms with Crippen molar-refractivity contribution in [2.75, 3.05) is 33.6 Å². The third-order valence-corrected chi connectivity index (χ3v) is 2.32. The Morgan fingerprint density at radius 1 is 0.938 bits per heavy atom. The van der Waals surface area contributed by atoms with Crippen LogP contribution >= 0.6 is 11.6 Å². The van der Waals surface area contributed by atoms with E-state index >= 15 is 0 Å². The van der Waals surface area contributed by atoms with E-state index in [1.807, 2.05) is 19.0 Å². The van der Waals surface area contributed by atoms with Gasteiger partial charge in [0, 0.05) is 31.6 Å². The van der Waals surface area contributed by atoms with E-state index in [9.17, 15) is 5.11 Å². The molecule has 0 heterocycles. The molecule has 0 bridgehead atoms. The molecule has 0 amide bonds. The monoisotopic (exact) mass is 252 g/mol. The molecule has 0 aromatic rings. The summed E-state index contributed by atoms with van der Waals surface area (Å²) in [5, 5.41) is 9.80. The molecular formula is C12H29ClN2O. The van der Waals surface area contributed by atoms with E-state index < -0.39 is 0 Å². The van der Waals surface area contributed by atoms with Crippen LogP contribution in [0.2, 0.25) is 0 Å². The van der Waals surface area contributed by atoms with Gasteiger partial charge in [0.2, 0.25) is 0 Å². The lowest BCUT2D eigenvalue weighted by Gasteiger charge is -2.33. The molecule has 0 aromatic carbocycles. The molecule has 1 unspecified atom stereocenters. The highest BCUT2D eigenvalue weighted by Gasteiger charge is 2.17. The maximum Gasteiger partial charge on any atom is 0.0793 e. The Labute approximate surface area is 106 Å². The van der Waals surface area contributed by atoms with Crippen molar-refractivity contribution >= 4 is 11.6 Å². The zero-order valence-corrected chi connectivity index (χ0v) is 12.6. The normalized spacial score (nSPS) is 13.3. The van der Waals surface area contributed by atoms with E-state index in [0.29, 0.717) is 12.1 Å². The molecule has 0 aliphatic carbocycles. The predicted octanol–water partition coefficient (Wildman–Crippen LogP) is 1.88. The van der Waals surface area contributed by atoms with Gasteiger partial charge in [-0.2, -0.15) is 0 Å². The second-order valence-corrected chi connectivity index (χ2v) is 4.80. The van der Waals surface area contributed by atoms with Crippen LogP contribution < -0.4 is 0 Å². The quantitative estimate of drug-likeness (QED) is 0.732. The first-order valence-corrected chi connectivity index (χ1v) is 6.56. The zero-order valence-electron chi connectivity index (χ0n) is 11.9. The molecule has 0 aliphatic rings. The molecule has 3 nitrogen and oxygen atoms in total. The highest BCUT2D eigenvalue weighted by atomic mass is 35.5. The van der Waals surface area contributed by atoms with Crippen LogP contribution in [0.25, 0.3) is 0 Å². The average molecular weight is 253 g/mol. The van der Waals surface area contributed by atoms with Crippen molar-refractivity contribution in [3.63, 3.8) is 0 Å². The average Bonchev–Trinajstić information content (AvgIpc) is 2.15. The van der Waals surface area contributed by atoms with Crippen molar-refractivity contribution in [2.45, 2.75) is 45.9 Å². The molecule has 0 radical (unpaired) electrons. The second-order valence-electron chi connectivity index (χ2n) is 4.80. The fourth-order valence-corrected chi connectivity index (χ4v) is 1.74. The number of aliphatic hydroxyl groups excluding tert-OH is 1. The topological polar surface area (TPSA) is 26.7 Å². The van der Waals surface area contributed by atoms with Crippen LogP contribution in [-0.2, 0) is 0 Å². The number of likely N-dealkylation sites (N-methyl/N-ethyl adjacent to an activating group) is 1. The lowest BCUT2D eigenvalue weighted by Crippen LogP contribution is -2.44. The van der Waals surface area contributed by atoms with E-state index in [4.69, 9.17) is 0 Å². The summed E-state index contributed by atoms with van der Waals surface area (Å²) in [6.07, 6.45) is 1.22. The van der Waals surface area contributed by atoms with Crippen LogP contribution in [0.15, 0.2) is 0 Å². The van der Waals surface area contributed by atoms with Crippen LogP contribution in [0.5, 0.6) is 0 Å². The highest BCUT2D eigenvalue weighted by molar-refractivity contribution is 6.15. The summed E-state index contributed by atoms with van der Waals surface area (Å²) < 4.78 is 0. The third-order valence-electron chi connectivity index (χ3n) is 2.32. The van der Waals surface area contributed by atoms with Crippen LogP contribution in [-0.4, -0.2) is 66.7 Å². The summed E-state index contributed by atoms with van der Waals surface area (Å²) in [5.41, 5.74) is 0. The number of alkyl halides is 1. The van der Waals surface area contributed by atoms with E-state index in [1.165, 1.54) is 6.38 Å². The second kappa shape index (κ2) is 10.3. The van der Waals surface area contributed by atoms with Gasteiger partial charge < -0.3 is 10.0 Å². The van der Waals surface area contributed by atoms with Crippen molar-refractivity contribution < 1.29 is 5.11 Å². The SMILES string of the molecule is CC(C)N(CC(O)CN(C)C)C(C)C.CCl. The van der Waals surface area contributed by atoms with E-state index in [2.05, 4.69) is 44.2 Å². The first-order chi connectivity index (χ1) is 7.34. The van der Waals surface area contributed by atoms with Gasteiger partial charge in [0.15, 0.2) is 0 Å². The molecule has 16 heavy (non-hydrogen) atoms. The summed E-state index contributed by atoms with van der Waals surface area (Å²) >= 11 is 4.64. The Morgan fingerprint density at radius 2 is 1.31 bits per heavy atom. The van der Waals surface area contributed by atoms with Gasteiger partial charge >= 0.3 is 0 Å². The first-order valence-electron chi connectivity index (χ1n) is 5.81. The zero-order chi connectivity index (χ0) is 13.3. The van der Waals surface area contributed by atoms with Crippen molar-refractivity contribution in [3.05, 3.63) is 0 Å². The maximum absolute atomic E-state index is 9.80. The molecule has 0 spiro atoms. The molecule has 1 atom stereocenters. The molecule has 0 aromatic heterocycles. The van der Waals surface area contributed by atoms with Crippen molar-refractivity contribution in [1.82, 2.24) is 9.80 Å². The highest BCUT2D eigenvalue weighted by Crippen LogP contribution is 2.06. The van der Waals surface area contributed by atoms with Crippen molar-refractivity contribution in [3.8, 4) is 0 Å². The molecule has 100 valence electrons. The van der Waals surface area contributed by atoms with Gasteiger partial charge in [-0.25, -0.2) is 0 Å². The minimum Gasteiger partial charge on any atom is -0.390 e. The number of nitrogens with zero attached hydrogens (tertiary/aromatic N) is 2.